The fourth-order valence-corrected chi connectivity index (χ4v) is 4.54. The molecule has 0 aliphatic rings. The topological polar surface area (TPSA) is 104 Å². The summed E-state index contributed by atoms with van der Waals surface area (Å²) in [6, 6.07) is 16.2. The number of hydrogen-bond acceptors (Lipinski definition) is 4. The maximum absolute atomic E-state index is 13.1. The zero-order valence-corrected chi connectivity index (χ0v) is 18.6. The Morgan fingerprint density at radius 3 is 2.58 bits per heavy atom. The number of carbonyl (C=O) groups excluding carboxylic acids is 1. The second kappa shape index (κ2) is 7.74. The van der Waals surface area contributed by atoms with E-state index in [2.05, 4.69) is 50.7 Å². The van der Waals surface area contributed by atoms with Crippen LogP contribution in [0, 0.1) is 6.92 Å². The average Bonchev–Trinajstić information content (AvgIpc) is 3.10. The number of benzene rings is 2. The van der Waals surface area contributed by atoms with Gasteiger partial charge < -0.3 is 9.47 Å². The minimum atomic E-state index is -0.656. The minimum Gasteiger partial charge on any atom is -0.341 e. The Hall–Kier alpha value is -4.20. The van der Waals surface area contributed by atoms with Gasteiger partial charge in [0.1, 0.15) is 11.3 Å². The van der Waals surface area contributed by atoms with Crippen LogP contribution in [0.4, 0.5) is 0 Å². The second-order valence-corrected chi connectivity index (χ2v) is 8.23. The van der Waals surface area contributed by atoms with Gasteiger partial charge in [-0.3, -0.25) is 19.6 Å². The number of pyridine rings is 1. The zero-order chi connectivity index (χ0) is 23.3. The number of aromatic nitrogens is 4. The summed E-state index contributed by atoms with van der Waals surface area (Å²) in [5.74, 6) is -0.294. The summed E-state index contributed by atoms with van der Waals surface area (Å²) in [7, 11) is 1.71. The first kappa shape index (κ1) is 20.7. The Balaban J connectivity index is 1.50. The van der Waals surface area contributed by atoms with E-state index in [0.29, 0.717) is 12.1 Å². The largest absolute Gasteiger partial charge is 0.341 e. The van der Waals surface area contributed by atoms with Gasteiger partial charge >= 0.3 is 5.69 Å². The molecule has 3 aromatic heterocycles. The van der Waals surface area contributed by atoms with E-state index in [1.54, 1.807) is 24.9 Å². The highest BCUT2D eigenvalue weighted by Gasteiger charge is 2.18. The number of amides is 1. The van der Waals surface area contributed by atoms with Crippen LogP contribution >= 0.6 is 0 Å². The van der Waals surface area contributed by atoms with E-state index in [9.17, 15) is 14.4 Å². The van der Waals surface area contributed by atoms with Crippen LogP contribution in [0.2, 0.25) is 0 Å². The molecular weight excluding hydrogens is 418 g/mol. The summed E-state index contributed by atoms with van der Waals surface area (Å²) < 4.78 is 2.29. The fraction of sp³-hybridized carbons (Fsp3) is 0.200. The van der Waals surface area contributed by atoms with E-state index in [0.717, 1.165) is 23.0 Å². The number of aryl methyl sites for hydroxylation is 2. The lowest BCUT2D eigenvalue weighted by molar-refractivity contribution is 0.0779. The molecule has 0 saturated carbocycles. The third-order valence-corrected chi connectivity index (χ3v) is 6.04. The van der Waals surface area contributed by atoms with Gasteiger partial charge in [-0.1, -0.05) is 24.3 Å². The molecule has 0 radical (unpaired) electrons. The maximum atomic E-state index is 13.1. The van der Waals surface area contributed by atoms with Crippen molar-refractivity contribution in [3.63, 3.8) is 0 Å². The van der Waals surface area contributed by atoms with Crippen LogP contribution in [-0.2, 0) is 13.1 Å². The predicted octanol–water partition coefficient (Wildman–Crippen LogP) is 3.32. The monoisotopic (exact) mass is 441 g/mol. The van der Waals surface area contributed by atoms with Crippen molar-refractivity contribution in [3.8, 4) is 0 Å². The summed E-state index contributed by atoms with van der Waals surface area (Å²) >= 11 is 0. The van der Waals surface area contributed by atoms with Crippen molar-refractivity contribution in [2.45, 2.75) is 26.9 Å². The highest BCUT2D eigenvalue weighted by atomic mass is 16.2. The Bertz CT molecular complexity index is 1680. The van der Waals surface area contributed by atoms with Crippen molar-refractivity contribution in [2.75, 3.05) is 7.05 Å². The molecule has 3 heterocycles. The van der Waals surface area contributed by atoms with Gasteiger partial charge in [-0.25, -0.2) is 9.78 Å². The Morgan fingerprint density at radius 1 is 1.03 bits per heavy atom. The van der Waals surface area contributed by atoms with Crippen LogP contribution in [0.5, 0.6) is 0 Å². The molecule has 8 heteroatoms. The number of H-pyrrole nitrogens is 2. The molecule has 0 saturated heterocycles. The molecule has 5 rings (SSSR count). The fourth-order valence-electron chi connectivity index (χ4n) is 4.54. The Labute approximate surface area is 188 Å². The molecule has 0 aliphatic carbocycles. The molecule has 2 aromatic carbocycles. The zero-order valence-electron chi connectivity index (χ0n) is 18.6. The number of hydrogen-bond donors (Lipinski definition) is 2. The third-order valence-electron chi connectivity index (χ3n) is 6.04. The van der Waals surface area contributed by atoms with Gasteiger partial charge in [0.2, 0.25) is 0 Å². The minimum absolute atomic E-state index is 0.106. The smallest absolute Gasteiger partial charge is 0.327 e. The number of para-hydroxylation sites is 1. The number of rotatable bonds is 4. The Kier molecular flexibility index (Phi) is 4.85. The van der Waals surface area contributed by atoms with Crippen molar-refractivity contribution in [1.82, 2.24) is 24.4 Å². The highest BCUT2D eigenvalue weighted by Crippen LogP contribution is 2.30. The van der Waals surface area contributed by atoms with Crippen LogP contribution in [0.25, 0.3) is 32.8 Å². The van der Waals surface area contributed by atoms with E-state index >= 15 is 0 Å². The number of aromatic amines is 2. The average molecular weight is 441 g/mol. The van der Waals surface area contributed by atoms with Gasteiger partial charge in [-0.15, -0.1) is 0 Å². The molecule has 0 atom stereocenters. The van der Waals surface area contributed by atoms with Crippen LogP contribution in [0.3, 0.4) is 0 Å². The van der Waals surface area contributed by atoms with Crippen molar-refractivity contribution >= 4 is 38.7 Å². The highest BCUT2D eigenvalue weighted by molar-refractivity contribution is 6.08. The lowest BCUT2D eigenvalue weighted by atomic mass is 10.1. The number of carbonyl (C=O) groups is 1. The third kappa shape index (κ3) is 3.40. The number of fused-ring (bicyclic) bond motifs is 4. The molecule has 2 N–H and O–H groups in total. The summed E-state index contributed by atoms with van der Waals surface area (Å²) in [6.45, 7) is 5.11. The van der Waals surface area contributed by atoms with E-state index in [1.807, 2.05) is 18.2 Å². The second-order valence-electron chi connectivity index (χ2n) is 8.23. The van der Waals surface area contributed by atoms with E-state index in [-0.39, 0.29) is 22.6 Å². The first-order valence-electron chi connectivity index (χ1n) is 10.8. The van der Waals surface area contributed by atoms with Gasteiger partial charge in [0, 0.05) is 41.9 Å². The number of nitrogens with zero attached hydrogens (tertiary/aromatic N) is 3. The van der Waals surface area contributed by atoms with Gasteiger partial charge in [0.15, 0.2) is 0 Å². The molecule has 166 valence electrons. The molecule has 33 heavy (non-hydrogen) atoms. The lowest BCUT2D eigenvalue weighted by Gasteiger charge is -2.17. The van der Waals surface area contributed by atoms with Crippen molar-refractivity contribution < 1.29 is 4.79 Å². The van der Waals surface area contributed by atoms with Crippen LogP contribution in [0.1, 0.15) is 28.5 Å². The van der Waals surface area contributed by atoms with Crippen LogP contribution in [0.15, 0.2) is 58.1 Å². The lowest BCUT2D eigenvalue weighted by Crippen LogP contribution is -2.28. The van der Waals surface area contributed by atoms with E-state index in [1.165, 1.54) is 10.9 Å². The Morgan fingerprint density at radius 2 is 1.79 bits per heavy atom. The molecule has 0 aliphatic heterocycles. The van der Waals surface area contributed by atoms with Gasteiger partial charge in [-0.05, 0) is 49.2 Å². The van der Waals surface area contributed by atoms with Crippen molar-refractivity contribution in [2.24, 2.45) is 0 Å². The van der Waals surface area contributed by atoms with Crippen molar-refractivity contribution in [3.05, 3.63) is 86.2 Å². The van der Waals surface area contributed by atoms with Gasteiger partial charge in [0.25, 0.3) is 11.5 Å². The summed E-state index contributed by atoms with van der Waals surface area (Å²) in [5.41, 5.74) is 3.03. The molecule has 5 aromatic rings. The molecule has 0 unspecified atom stereocenters. The first-order valence-corrected chi connectivity index (χ1v) is 10.8. The summed E-state index contributed by atoms with van der Waals surface area (Å²) in [4.78, 5) is 47.4. The van der Waals surface area contributed by atoms with Crippen LogP contribution in [-0.4, -0.2) is 37.4 Å². The maximum Gasteiger partial charge on any atom is 0.327 e. The molecule has 0 fully saturated rings. The standard InChI is InChI=1S/C25H23N5O3/c1-4-30-19-8-6-5-7-16(19)17-12-15(9-10-20(17)30)13-29(3)24(32)18-11-14(2)21-22(26-18)27-25(33)28-23(21)31/h5-12H,4,13H2,1-3H3,(H2,26,27,28,31,33). The van der Waals surface area contributed by atoms with E-state index < -0.39 is 11.2 Å². The first-order chi connectivity index (χ1) is 15.9. The SMILES string of the molecule is CCn1c2ccccc2c2cc(CN(C)C(=O)c3cc(C)c4c(=O)[nH]c(=O)[nH]c4n3)ccc21. The predicted molar refractivity (Wildman–Crippen MR) is 129 cm³/mol. The quantitative estimate of drug-likeness (QED) is 0.446. The van der Waals surface area contributed by atoms with Gasteiger partial charge in [-0.2, -0.15) is 0 Å². The molecular formula is C25H23N5O3. The van der Waals surface area contributed by atoms with Crippen LogP contribution < -0.4 is 11.2 Å². The molecule has 1 amide bonds. The molecule has 0 bridgehead atoms. The summed E-state index contributed by atoms with van der Waals surface area (Å²) in [6.07, 6.45) is 0. The normalized spacial score (nSPS) is 11.5. The molecule has 0 spiro atoms. The van der Waals surface area contributed by atoms with Gasteiger partial charge in [0.05, 0.1) is 5.39 Å². The molecule has 8 nitrogen and oxygen atoms in total. The summed E-state index contributed by atoms with van der Waals surface area (Å²) in [5, 5.41) is 2.61. The van der Waals surface area contributed by atoms with E-state index in [4.69, 9.17) is 0 Å². The number of nitrogens with one attached hydrogen (secondary N) is 2. The van der Waals surface area contributed by atoms with Crippen molar-refractivity contribution in [1.29, 1.82) is 0 Å².